The van der Waals surface area contributed by atoms with Gasteiger partial charge in [-0.05, 0) is 42.7 Å². The molecule has 1 aliphatic heterocycles. The number of amides is 1. The molecule has 1 amide bonds. The van der Waals surface area contributed by atoms with Crippen LogP contribution in [0, 0.1) is 5.82 Å². The van der Waals surface area contributed by atoms with E-state index in [1.54, 1.807) is 17.0 Å². The van der Waals surface area contributed by atoms with Gasteiger partial charge in [0, 0.05) is 36.4 Å². The number of aromatic nitrogens is 4. The largest absolute Gasteiger partial charge is 0.349 e. The van der Waals surface area contributed by atoms with E-state index in [4.69, 9.17) is 11.6 Å². The highest BCUT2D eigenvalue weighted by Crippen LogP contribution is 2.17. The maximum absolute atomic E-state index is 13.9. The summed E-state index contributed by atoms with van der Waals surface area (Å²) in [4.78, 5) is 29.2. The van der Waals surface area contributed by atoms with Gasteiger partial charge in [-0.25, -0.2) is 13.9 Å². The lowest BCUT2D eigenvalue weighted by Gasteiger charge is -2.16. The molecule has 1 atom stereocenters. The SMILES string of the molecule is O=C(NC1CCc2nn(Cc3cccnc3)c(=O)n2CC1)c1cc(Cl)ccc1F. The summed E-state index contributed by atoms with van der Waals surface area (Å²) < 4.78 is 17.0. The first kappa shape index (κ1) is 19.3. The number of nitrogens with zero attached hydrogens (tertiary/aromatic N) is 4. The Balaban J connectivity index is 1.44. The van der Waals surface area contributed by atoms with Crippen molar-refractivity contribution in [2.75, 3.05) is 0 Å². The summed E-state index contributed by atoms with van der Waals surface area (Å²) in [5, 5.41) is 7.60. The average Bonchev–Trinajstić information content (AvgIpc) is 2.87. The molecule has 3 heterocycles. The number of pyridine rings is 1. The Morgan fingerprint density at radius 2 is 2.17 bits per heavy atom. The summed E-state index contributed by atoms with van der Waals surface area (Å²) in [6.07, 6.45) is 5.09. The third-order valence-corrected chi connectivity index (χ3v) is 5.22. The first-order valence-electron chi connectivity index (χ1n) is 9.32. The van der Waals surface area contributed by atoms with Crippen LogP contribution >= 0.6 is 11.6 Å². The van der Waals surface area contributed by atoms with Gasteiger partial charge in [-0.15, -0.1) is 0 Å². The van der Waals surface area contributed by atoms with Crippen molar-refractivity contribution < 1.29 is 9.18 Å². The quantitative estimate of drug-likeness (QED) is 0.709. The van der Waals surface area contributed by atoms with Crippen LogP contribution < -0.4 is 11.0 Å². The van der Waals surface area contributed by atoms with E-state index in [0.29, 0.717) is 43.2 Å². The highest BCUT2D eigenvalue weighted by molar-refractivity contribution is 6.31. The fraction of sp³-hybridized carbons (Fsp3) is 0.300. The molecule has 1 unspecified atom stereocenters. The fourth-order valence-electron chi connectivity index (χ4n) is 3.47. The number of carbonyl (C=O) groups excluding carboxylic acids is 1. The number of carbonyl (C=O) groups is 1. The van der Waals surface area contributed by atoms with Crippen LogP contribution in [0.25, 0.3) is 0 Å². The summed E-state index contributed by atoms with van der Waals surface area (Å²) in [6, 6.07) is 7.40. The minimum Gasteiger partial charge on any atom is -0.349 e. The van der Waals surface area contributed by atoms with Gasteiger partial charge < -0.3 is 5.32 Å². The van der Waals surface area contributed by atoms with Crippen molar-refractivity contribution in [2.45, 2.75) is 38.4 Å². The number of rotatable bonds is 4. The molecule has 0 spiro atoms. The monoisotopic (exact) mass is 415 g/mol. The Hall–Kier alpha value is -3.00. The molecule has 9 heteroatoms. The predicted molar refractivity (Wildman–Crippen MR) is 105 cm³/mol. The van der Waals surface area contributed by atoms with E-state index in [1.165, 1.54) is 22.9 Å². The molecule has 0 aliphatic carbocycles. The highest BCUT2D eigenvalue weighted by atomic mass is 35.5. The molecule has 1 N–H and O–H groups in total. The third kappa shape index (κ3) is 4.22. The van der Waals surface area contributed by atoms with Gasteiger partial charge in [0.1, 0.15) is 11.6 Å². The van der Waals surface area contributed by atoms with E-state index in [2.05, 4.69) is 15.4 Å². The van der Waals surface area contributed by atoms with Gasteiger partial charge in [0.05, 0.1) is 12.1 Å². The lowest BCUT2D eigenvalue weighted by atomic mass is 10.1. The van der Waals surface area contributed by atoms with Crippen molar-refractivity contribution in [1.29, 1.82) is 0 Å². The van der Waals surface area contributed by atoms with Crippen LogP contribution in [0.2, 0.25) is 5.02 Å². The van der Waals surface area contributed by atoms with Gasteiger partial charge >= 0.3 is 5.69 Å². The number of fused-ring (bicyclic) bond motifs is 1. The predicted octanol–water partition coefficient (Wildman–Crippen LogP) is 2.42. The van der Waals surface area contributed by atoms with Crippen LogP contribution in [0.1, 0.15) is 34.6 Å². The molecule has 1 aliphatic rings. The third-order valence-electron chi connectivity index (χ3n) is 4.98. The number of benzene rings is 1. The molecule has 0 saturated heterocycles. The Morgan fingerprint density at radius 1 is 1.31 bits per heavy atom. The molecule has 2 aromatic heterocycles. The van der Waals surface area contributed by atoms with E-state index in [0.717, 1.165) is 5.56 Å². The Morgan fingerprint density at radius 3 is 2.97 bits per heavy atom. The van der Waals surface area contributed by atoms with Crippen LogP contribution in [-0.2, 0) is 19.5 Å². The Labute approximate surface area is 171 Å². The molecule has 4 rings (SSSR count). The zero-order valence-electron chi connectivity index (χ0n) is 15.5. The standard InChI is InChI=1S/C20H19ClFN5O2/c21-14-3-5-17(22)16(10-14)19(28)24-15-4-6-18-25-27(20(29)26(18)9-7-15)12-13-2-1-8-23-11-13/h1-3,5,8,10-11,15H,4,6-7,9,12H2,(H,24,28). The van der Waals surface area contributed by atoms with E-state index >= 15 is 0 Å². The molecule has 3 aromatic rings. The maximum atomic E-state index is 13.9. The molecular formula is C20H19ClFN5O2. The van der Waals surface area contributed by atoms with Gasteiger partial charge in [0.2, 0.25) is 0 Å². The molecule has 0 bridgehead atoms. The highest BCUT2D eigenvalue weighted by Gasteiger charge is 2.23. The summed E-state index contributed by atoms with van der Waals surface area (Å²) in [5.41, 5.74) is 0.631. The van der Waals surface area contributed by atoms with Crippen LogP contribution in [0.5, 0.6) is 0 Å². The maximum Gasteiger partial charge on any atom is 0.346 e. The van der Waals surface area contributed by atoms with Gasteiger partial charge in [-0.3, -0.25) is 14.3 Å². The summed E-state index contributed by atoms with van der Waals surface area (Å²) >= 11 is 5.87. The average molecular weight is 416 g/mol. The first-order valence-corrected chi connectivity index (χ1v) is 9.70. The summed E-state index contributed by atoms with van der Waals surface area (Å²) in [6.45, 7) is 0.797. The summed E-state index contributed by atoms with van der Waals surface area (Å²) in [7, 11) is 0. The molecular weight excluding hydrogens is 397 g/mol. The second-order valence-electron chi connectivity index (χ2n) is 6.99. The number of halogens is 2. The van der Waals surface area contributed by atoms with E-state index < -0.39 is 11.7 Å². The van der Waals surface area contributed by atoms with Crippen molar-refractivity contribution in [3.63, 3.8) is 0 Å². The molecule has 29 heavy (non-hydrogen) atoms. The Bertz CT molecular complexity index is 1100. The van der Waals surface area contributed by atoms with Crippen LogP contribution in [0.4, 0.5) is 4.39 Å². The van der Waals surface area contributed by atoms with Crippen molar-refractivity contribution in [2.24, 2.45) is 0 Å². The number of nitrogens with one attached hydrogen (secondary N) is 1. The first-order chi connectivity index (χ1) is 14.0. The Kier molecular flexibility index (Phi) is 5.44. The van der Waals surface area contributed by atoms with Crippen molar-refractivity contribution in [3.8, 4) is 0 Å². The van der Waals surface area contributed by atoms with Gasteiger partial charge in [-0.1, -0.05) is 17.7 Å². The van der Waals surface area contributed by atoms with E-state index in [1.807, 2.05) is 12.1 Å². The molecule has 7 nitrogen and oxygen atoms in total. The van der Waals surface area contributed by atoms with Gasteiger partial charge in [-0.2, -0.15) is 5.10 Å². The number of aryl methyl sites for hydroxylation is 1. The summed E-state index contributed by atoms with van der Waals surface area (Å²) in [5.74, 6) is -0.445. The normalized spacial score (nSPS) is 16.1. The van der Waals surface area contributed by atoms with Gasteiger partial charge in [0.25, 0.3) is 5.91 Å². The van der Waals surface area contributed by atoms with Crippen LogP contribution in [0.3, 0.4) is 0 Å². The molecule has 0 radical (unpaired) electrons. The zero-order chi connectivity index (χ0) is 20.4. The lowest BCUT2D eigenvalue weighted by molar-refractivity contribution is 0.0928. The number of hydrogen-bond donors (Lipinski definition) is 1. The second-order valence-corrected chi connectivity index (χ2v) is 7.43. The zero-order valence-corrected chi connectivity index (χ0v) is 16.3. The van der Waals surface area contributed by atoms with Crippen LogP contribution in [-0.4, -0.2) is 31.3 Å². The number of hydrogen-bond acceptors (Lipinski definition) is 4. The smallest absolute Gasteiger partial charge is 0.346 e. The van der Waals surface area contributed by atoms with Crippen molar-refractivity contribution in [3.05, 3.63) is 81.0 Å². The minimum atomic E-state index is -0.619. The van der Waals surface area contributed by atoms with E-state index in [-0.39, 0.29) is 17.3 Å². The van der Waals surface area contributed by atoms with Crippen molar-refractivity contribution in [1.82, 2.24) is 24.6 Å². The van der Waals surface area contributed by atoms with Crippen molar-refractivity contribution >= 4 is 17.5 Å². The topological polar surface area (TPSA) is 81.8 Å². The minimum absolute atomic E-state index is 0.0849. The van der Waals surface area contributed by atoms with E-state index in [9.17, 15) is 14.0 Å². The fourth-order valence-corrected chi connectivity index (χ4v) is 3.65. The molecule has 1 aromatic carbocycles. The van der Waals surface area contributed by atoms with Gasteiger partial charge in [0.15, 0.2) is 0 Å². The molecule has 0 fully saturated rings. The molecule has 150 valence electrons. The van der Waals surface area contributed by atoms with Crippen LogP contribution in [0.15, 0.2) is 47.5 Å². The lowest BCUT2D eigenvalue weighted by Crippen LogP contribution is -2.36. The molecule has 0 saturated carbocycles. The second kappa shape index (κ2) is 8.16.